The van der Waals surface area contributed by atoms with Crippen molar-refractivity contribution in [2.24, 2.45) is 0 Å². The summed E-state index contributed by atoms with van der Waals surface area (Å²) in [5.74, 6) is -3.01. The van der Waals surface area contributed by atoms with Gasteiger partial charge in [0.15, 0.2) is 11.4 Å². The van der Waals surface area contributed by atoms with E-state index in [2.05, 4.69) is 5.32 Å². The maximum atomic E-state index is 11.1. The minimum Gasteiger partial charge on any atom is -0.547 e. The second-order valence-electron chi connectivity index (χ2n) is 5.22. The molecular formula is C12H16NNaO6. The van der Waals surface area contributed by atoms with Gasteiger partial charge in [0.1, 0.15) is 12.2 Å². The summed E-state index contributed by atoms with van der Waals surface area (Å²) >= 11 is 0. The maximum absolute atomic E-state index is 11.1. The number of amides is 1. The average molecular weight is 293 g/mol. The van der Waals surface area contributed by atoms with Gasteiger partial charge in [-0.1, -0.05) is 6.08 Å². The number of rotatable bonds is 2. The Morgan fingerprint density at radius 2 is 1.95 bits per heavy atom. The molecule has 20 heavy (non-hydrogen) atoms. The third-order valence-corrected chi connectivity index (χ3v) is 3.17. The Morgan fingerprint density at radius 3 is 2.45 bits per heavy atom. The predicted molar refractivity (Wildman–Crippen MR) is 60.5 cm³/mol. The van der Waals surface area contributed by atoms with Gasteiger partial charge in [0.25, 0.3) is 0 Å². The van der Waals surface area contributed by atoms with E-state index in [1.807, 2.05) is 0 Å². The number of carbonyl (C=O) groups is 2. The number of carboxylic acids is 1. The van der Waals surface area contributed by atoms with E-state index >= 15 is 0 Å². The standard InChI is InChI=1S/C12H17NO6.Na/c1-6(14)13-7-4-5-12(17,10(15)16)9-8(7)18-11(2,3)19-9;/h4-5,7-9,17H,1-3H3,(H,13,14)(H,15,16);/q;+1/p-1/t7-,8+,9+,12+;/m1./s1. The van der Waals surface area contributed by atoms with Gasteiger partial charge in [-0.25, -0.2) is 0 Å². The molecule has 0 aromatic rings. The molecule has 2 aliphatic rings. The molecule has 2 rings (SSSR count). The first-order valence-corrected chi connectivity index (χ1v) is 5.91. The number of aliphatic hydroxyl groups is 1. The van der Waals surface area contributed by atoms with E-state index < -0.39 is 35.6 Å². The molecule has 1 heterocycles. The van der Waals surface area contributed by atoms with Gasteiger partial charge in [-0.3, -0.25) is 4.79 Å². The molecule has 4 atom stereocenters. The number of nitrogens with one attached hydrogen (secondary N) is 1. The monoisotopic (exact) mass is 293 g/mol. The topological polar surface area (TPSA) is 108 Å². The SMILES string of the molecule is CC(=O)N[C@@H]1C=C[C@@](O)(C(=O)[O-])[C@H]2OC(C)(C)O[C@@H]12.[Na+]. The van der Waals surface area contributed by atoms with Crippen LogP contribution in [-0.2, 0) is 19.1 Å². The van der Waals surface area contributed by atoms with Gasteiger partial charge in [0.2, 0.25) is 5.91 Å². The third-order valence-electron chi connectivity index (χ3n) is 3.17. The van der Waals surface area contributed by atoms with Crippen LogP contribution >= 0.6 is 0 Å². The van der Waals surface area contributed by atoms with Crippen LogP contribution in [0.2, 0.25) is 0 Å². The second-order valence-corrected chi connectivity index (χ2v) is 5.22. The molecule has 106 valence electrons. The predicted octanol–water partition coefficient (Wildman–Crippen LogP) is -4.93. The van der Waals surface area contributed by atoms with Crippen LogP contribution in [0.3, 0.4) is 0 Å². The van der Waals surface area contributed by atoms with E-state index in [1.54, 1.807) is 13.8 Å². The zero-order valence-electron chi connectivity index (χ0n) is 11.9. The number of hydrogen-bond donors (Lipinski definition) is 2. The van der Waals surface area contributed by atoms with Crippen LogP contribution in [0.4, 0.5) is 0 Å². The summed E-state index contributed by atoms with van der Waals surface area (Å²) < 4.78 is 11.0. The van der Waals surface area contributed by atoms with Crippen LogP contribution in [0.1, 0.15) is 20.8 Å². The summed E-state index contributed by atoms with van der Waals surface area (Å²) in [6, 6.07) is -0.566. The number of carbonyl (C=O) groups excluding carboxylic acids is 2. The number of hydrogen-bond acceptors (Lipinski definition) is 6. The van der Waals surface area contributed by atoms with Crippen LogP contribution < -0.4 is 40.0 Å². The fourth-order valence-electron chi connectivity index (χ4n) is 2.40. The van der Waals surface area contributed by atoms with Gasteiger partial charge in [0.05, 0.1) is 12.0 Å². The van der Waals surface area contributed by atoms with E-state index in [1.165, 1.54) is 13.0 Å². The molecule has 0 saturated carbocycles. The Labute approximate surface area is 138 Å². The van der Waals surface area contributed by atoms with Crippen molar-refractivity contribution in [3.8, 4) is 0 Å². The van der Waals surface area contributed by atoms with E-state index in [4.69, 9.17) is 9.47 Å². The van der Waals surface area contributed by atoms with Crippen molar-refractivity contribution < 1.29 is 58.8 Å². The number of fused-ring (bicyclic) bond motifs is 1. The van der Waals surface area contributed by atoms with Gasteiger partial charge in [-0.05, 0) is 19.9 Å². The van der Waals surface area contributed by atoms with Crippen molar-refractivity contribution in [1.29, 1.82) is 0 Å². The average Bonchev–Trinajstić information content (AvgIpc) is 2.59. The fraction of sp³-hybridized carbons (Fsp3) is 0.667. The molecule has 0 unspecified atom stereocenters. The molecule has 1 fully saturated rings. The van der Waals surface area contributed by atoms with Crippen molar-refractivity contribution in [3.05, 3.63) is 12.2 Å². The van der Waals surface area contributed by atoms with Crippen molar-refractivity contribution in [2.45, 2.75) is 50.4 Å². The van der Waals surface area contributed by atoms with Crippen LogP contribution in [0.25, 0.3) is 0 Å². The first-order valence-electron chi connectivity index (χ1n) is 5.91. The van der Waals surface area contributed by atoms with E-state index in [9.17, 15) is 19.8 Å². The first-order chi connectivity index (χ1) is 8.66. The molecule has 2 N–H and O–H groups in total. The smallest absolute Gasteiger partial charge is 0.547 e. The van der Waals surface area contributed by atoms with Crippen molar-refractivity contribution in [2.75, 3.05) is 0 Å². The van der Waals surface area contributed by atoms with Crippen LogP contribution in [0.5, 0.6) is 0 Å². The quantitative estimate of drug-likeness (QED) is 0.390. The first kappa shape index (κ1) is 17.6. The number of ether oxygens (including phenoxy) is 2. The molecule has 0 spiro atoms. The maximum Gasteiger partial charge on any atom is 1.00 e. The van der Waals surface area contributed by atoms with Crippen molar-refractivity contribution >= 4 is 11.9 Å². The molecule has 1 amide bonds. The molecule has 8 heteroatoms. The second kappa shape index (κ2) is 5.75. The van der Waals surface area contributed by atoms with Crippen LogP contribution in [0.15, 0.2) is 12.2 Å². The molecule has 7 nitrogen and oxygen atoms in total. The minimum absolute atomic E-state index is 0. The molecular weight excluding hydrogens is 277 g/mol. The van der Waals surface area contributed by atoms with E-state index in [-0.39, 0.29) is 35.5 Å². The van der Waals surface area contributed by atoms with Crippen molar-refractivity contribution in [1.82, 2.24) is 5.32 Å². The Bertz CT molecular complexity index is 451. The molecule has 0 radical (unpaired) electrons. The molecule has 1 aliphatic heterocycles. The Kier molecular flexibility index (Phi) is 5.06. The summed E-state index contributed by atoms with van der Waals surface area (Å²) in [5, 5.41) is 23.9. The van der Waals surface area contributed by atoms with Crippen molar-refractivity contribution in [3.63, 3.8) is 0 Å². The van der Waals surface area contributed by atoms with Gasteiger partial charge in [-0.2, -0.15) is 0 Å². The summed E-state index contributed by atoms with van der Waals surface area (Å²) in [6.07, 6.45) is 0.499. The molecule has 0 bridgehead atoms. The summed E-state index contributed by atoms with van der Waals surface area (Å²) in [6.45, 7) is 4.54. The van der Waals surface area contributed by atoms with Gasteiger partial charge in [-0.15, -0.1) is 0 Å². The third kappa shape index (κ3) is 3.08. The molecule has 1 saturated heterocycles. The number of carboxylic acid groups (broad SMARTS) is 1. The Balaban J connectivity index is 0.00000200. The van der Waals surface area contributed by atoms with E-state index in [0.717, 1.165) is 6.08 Å². The largest absolute Gasteiger partial charge is 1.00 e. The minimum atomic E-state index is -2.27. The zero-order valence-corrected chi connectivity index (χ0v) is 13.9. The normalized spacial score (nSPS) is 37.7. The zero-order chi connectivity index (χ0) is 14.4. The Morgan fingerprint density at radius 1 is 1.35 bits per heavy atom. The van der Waals surface area contributed by atoms with E-state index in [0.29, 0.717) is 0 Å². The molecule has 1 aliphatic carbocycles. The van der Waals surface area contributed by atoms with Gasteiger partial charge in [0, 0.05) is 6.92 Å². The Hall–Kier alpha value is -0.440. The summed E-state index contributed by atoms with van der Waals surface area (Å²) in [7, 11) is 0. The van der Waals surface area contributed by atoms with Gasteiger partial charge < -0.3 is 29.8 Å². The van der Waals surface area contributed by atoms with Crippen LogP contribution in [-0.4, -0.2) is 46.6 Å². The number of aliphatic carboxylic acids is 1. The van der Waals surface area contributed by atoms with Crippen LogP contribution in [0, 0.1) is 0 Å². The van der Waals surface area contributed by atoms with Gasteiger partial charge >= 0.3 is 29.6 Å². The fourth-order valence-corrected chi connectivity index (χ4v) is 2.40. The molecule has 0 aromatic heterocycles. The summed E-state index contributed by atoms with van der Waals surface area (Å²) in [4.78, 5) is 22.2. The molecule has 0 aromatic carbocycles. The summed E-state index contributed by atoms with van der Waals surface area (Å²) in [5.41, 5.74) is -2.27.